The summed E-state index contributed by atoms with van der Waals surface area (Å²) in [5.74, 6) is 0.925. The van der Waals surface area contributed by atoms with Crippen LogP contribution in [-0.2, 0) is 4.79 Å². The van der Waals surface area contributed by atoms with Gasteiger partial charge in [-0.05, 0) is 27.0 Å². The van der Waals surface area contributed by atoms with Gasteiger partial charge in [0.1, 0.15) is 5.75 Å². The van der Waals surface area contributed by atoms with E-state index in [2.05, 4.69) is 25.2 Å². The van der Waals surface area contributed by atoms with Crippen LogP contribution < -0.4 is 10.1 Å². The zero-order valence-corrected chi connectivity index (χ0v) is 12.5. The fraction of sp³-hybridized carbons (Fsp3) is 0.533. The fourth-order valence-corrected chi connectivity index (χ4v) is 1.77. The maximum absolute atomic E-state index is 11.5. The van der Waals surface area contributed by atoms with Gasteiger partial charge in [-0.1, -0.05) is 17.7 Å². The summed E-state index contributed by atoms with van der Waals surface area (Å²) in [6.07, 6.45) is 0.397. The van der Waals surface area contributed by atoms with Crippen molar-refractivity contribution < 1.29 is 9.53 Å². The molecule has 4 heteroatoms. The number of hydrogen-bond donors (Lipinski definition) is 1. The smallest absolute Gasteiger partial charge is 0.225 e. The lowest BCUT2D eigenvalue weighted by molar-refractivity contribution is -0.129. The van der Waals surface area contributed by atoms with E-state index in [-0.39, 0.29) is 11.9 Å². The van der Waals surface area contributed by atoms with Gasteiger partial charge >= 0.3 is 0 Å². The number of nitrogens with one attached hydrogen (secondary N) is 1. The van der Waals surface area contributed by atoms with Crippen molar-refractivity contribution in [2.24, 2.45) is 0 Å². The summed E-state index contributed by atoms with van der Waals surface area (Å²) in [6.45, 7) is 4.56. The number of aryl methyl sites for hydroxylation is 1. The SMILES string of the molecule is CNC(C)c1cc(C)ccc1OCCC(=O)N(C)C. The maximum atomic E-state index is 11.5. The molecule has 0 bridgehead atoms. The van der Waals surface area contributed by atoms with Gasteiger partial charge in [0.2, 0.25) is 5.91 Å². The van der Waals surface area contributed by atoms with Crippen molar-refractivity contribution in [3.05, 3.63) is 29.3 Å². The summed E-state index contributed by atoms with van der Waals surface area (Å²) < 4.78 is 5.75. The molecule has 0 aliphatic heterocycles. The van der Waals surface area contributed by atoms with Crippen LogP contribution >= 0.6 is 0 Å². The highest BCUT2D eigenvalue weighted by Gasteiger charge is 2.11. The van der Waals surface area contributed by atoms with Gasteiger partial charge in [0.05, 0.1) is 13.0 Å². The van der Waals surface area contributed by atoms with E-state index < -0.39 is 0 Å². The minimum Gasteiger partial charge on any atom is -0.493 e. The van der Waals surface area contributed by atoms with E-state index in [1.54, 1.807) is 19.0 Å². The van der Waals surface area contributed by atoms with Crippen molar-refractivity contribution in [1.29, 1.82) is 0 Å². The molecule has 0 fully saturated rings. The summed E-state index contributed by atoms with van der Waals surface area (Å²) in [7, 11) is 5.43. The third kappa shape index (κ3) is 4.56. The number of carbonyl (C=O) groups is 1. The van der Waals surface area contributed by atoms with Crippen LogP contribution in [0.4, 0.5) is 0 Å². The standard InChI is InChI=1S/C15H24N2O2/c1-11-6-7-14(13(10-11)12(2)16-3)19-9-8-15(18)17(4)5/h6-7,10,12,16H,8-9H2,1-5H3. The Morgan fingerprint density at radius 3 is 2.68 bits per heavy atom. The quantitative estimate of drug-likeness (QED) is 0.856. The van der Waals surface area contributed by atoms with Crippen LogP contribution in [0.1, 0.15) is 30.5 Å². The van der Waals surface area contributed by atoms with Gasteiger partial charge in [0.15, 0.2) is 0 Å². The predicted octanol–water partition coefficient (Wildman–Crippen LogP) is 2.13. The van der Waals surface area contributed by atoms with E-state index in [0.29, 0.717) is 13.0 Å². The Labute approximate surface area is 115 Å². The van der Waals surface area contributed by atoms with Crippen LogP contribution in [0.5, 0.6) is 5.75 Å². The van der Waals surface area contributed by atoms with Crippen molar-refractivity contribution in [2.75, 3.05) is 27.7 Å². The number of hydrogen-bond acceptors (Lipinski definition) is 3. The predicted molar refractivity (Wildman–Crippen MR) is 77.5 cm³/mol. The molecule has 0 aliphatic carbocycles. The number of amides is 1. The first-order valence-corrected chi connectivity index (χ1v) is 6.56. The molecule has 1 aromatic rings. The van der Waals surface area contributed by atoms with E-state index in [1.807, 2.05) is 19.2 Å². The molecule has 0 aromatic heterocycles. The molecule has 1 unspecified atom stereocenters. The van der Waals surface area contributed by atoms with Crippen molar-refractivity contribution in [2.45, 2.75) is 26.3 Å². The zero-order chi connectivity index (χ0) is 14.4. The van der Waals surface area contributed by atoms with Gasteiger partial charge in [-0.25, -0.2) is 0 Å². The Morgan fingerprint density at radius 2 is 2.11 bits per heavy atom. The normalized spacial score (nSPS) is 12.1. The summed E-state index contributed by atoms with van der Waals surface area (Å²) >= 11 is 0. The molecule has 0 saturated heterocycles. The van der Waals surface area contributed by atoms with Gasteiger partial charge in [0.25, 0.3) is 0 Å². The first-order valence-electron chi connectivity index (χ1n) is 6.56. The van der Waals surface area contributed by atoms with Crippen LogP contribution in [-0.4, -0.2) is 38.6 Å². The number of nitrogens with zero attached hydrogens (tertiary/aromatic N) is 1. The van der Waals surface area contributed by atoms with Gasteiger partial charge < -0.3 is 15.0 Å². The first kappa shape index (κ1) is 15.5. The van der Waals surface area contributed by atoms with E-state index in [0.717, 1.165) is 11.3 Å². The van der Waals surface area contributed by atoms with Gasteiger partial charge in [-0.15, -0.1) is 0 Å². The number of ether oxygens (including phenoxy) is 1. The molecule has 0 saturated carbocycles. The molecular formula is C15H24N2O2. The summed E-state index contributed by atoms with van der Waals surface area (Å²) in [5, 5.41) is 3.21. The zero-order valence-electron chi connectivity index (χ0n) is 12.5. The highest BCUT2D eigenvalue weighted by molar-refractivity contribution is 5.75. The molecule has 1 amide bonds. The van der Waals surface area contributed by atoms with Crippen molar-refractivity contribution in [1.82, 2.24) is 10.2 Å². The van der Waals surface area contributed by atoms with Gasteiger partial charge in [-0.2, -0.15) is 0 Å². The molecule has 0 heterocycles. The molecule has 0 spiro atoms. The molecule has 1 N–H and O–H groups in total. The van der Waals surface area contributed by atoms with Crippen LogP contribution in [0.25, 0.3) is 0 Å². The molecule has 4 nitrogen and oxygen atoms in total. The number of benzene rings is 1. The average molecular weight is 264 g/mol. The summed E-state index contributed by atoms with van der Waals surface area (Å²) in [6, 6.07) is 6.33. The highest BCUT2D eigenvalue weighted by Crippen LogP contribution is 2.26. The third-order valence-electron chi connectivity index (χ3n) is 3.14. The second-order valence-corrected chi connectivity index (χ2v) is 4.94. The highest BCUT2D eigenvalue weighted by atomic mass is 16.5. The van der Waals surface area contributed by atoms with Crippen molar-refractivity contribution in [3.63, 3.8) is 0 Å². The molecule has 1 rings (SSSR count). The van der Waals surface area contributed by atoms with Gasteiger partial charge in [0, 0.05) is 25.7 Å². The monoisotopic (exact) mass is 264 g/mol. The average Bonchev–Trinajstić information content (AvgIpc) is 2.39. The van der Waals surface area contributed by atoms with E-state index in [4.69, 9.17) is 4.74 Å². The lowest BCUT2D eigenvalue weighted by atomic mass is 10.0. The molecule has 106 valence electrons. The Hall–Kier alpha value is -1.55. The topological polar surface area (TPSA) is 41.6 Å². The minimum atomic E-state index is 0.0790. The number of rotatable bonds is 6. The van der Waals surface area contributed by atoms with E-state index >= 15 is 0 Å². The van der Waals surface area contributed by atoms with Gasteiger partial charge in [-0.3, -0.25) is 4.79 Å². The van der Waals surface area contributed by atoms with Crippen LogP contribution in [0.2, 0.25) is 0 Å². The maximum Gasteiger partial charge on any atom is 0.225 e. The fourth-order valence-electron chi connectivity index (χ4n) is 1.77. The molecule has 0 aliphatic rings. The molecular weight excluding hydrogens is 240 g/mol. The minimum absolute atomic E-state index is 0.0790. The lowest BCUT2D eigenvalue weighted by Gasteiger charge is -2.17. The largest absolute Gasteiger partial charge is 0.493 e. The van der Waals surface area contributed by atoms with Crippen LogP contribution in [0, 0.1) is 6.92 Å². The Morgan fingerprint density at radius 1 is 1.42 bits per heavy atom. The third-order valence-corrected chi connectivity index (χ3v) is 3.14. The van der Waals surface area contributed by atoms with Crippen LogP contribution in [0.3, 0.4) is 0 Å². The second kappa shape index (κ2) is 7.14. The molecule has 1 aromatic carbocycles. The van der Waals surface area contributed by atoms with E-state index in [9.17, 15) is 4.79 Å². The second-order valence-electron chi connectivity index (χ2n) is 4.94. The Balaban J connectivity index is 2.70. The molecule has 0 radical (unpaired) electrons. The van der Waals surface area contributed by atoms with E-state index in [1.165, 1.54) is 5.56 Å². The lowest BCUT2D eigenvalue weighted by Crippen LogP contribution is -2.23. The summed E-state index contributed by atoms with van der Waals surface area (Å²) in [5.41, 5.74) is 2.33. The molecule has 19 heavy (non-hydrogen) atoms. The van der Waals surface area contributed by atoms with Crippen LogP contribution in [0.15, 0.2) is 18.2 Å². The van der Waals surface area contributed by atoms with Crippen molar-refractivity contribution >= 4 is 5.91 Å². The first-order chi connectivity index (χ1) is 8.95. The Kier molecular flexibility index (Phi) is 5.83. The van der Waals surface area contributed by atoms with Crippen molar-refractivity contribution in [3.8, 4) is 5.75 Å². The summed E-state index contributed by atoms with van der Waals surface area (Å²) in [4.78, 5) is 13.1. The molecule has 1 atom stereocenters. The number of carbonyl (C=O) groups excluding carboxylic acids is 1. The Bertz CT molecular complexity index is 430.